The Bertz CT molecular complexity index is 708. The smallest absolute Gasteiger partial charge is 0.258 e. The summed E-state index contributed by atoms with van der Waals surface area (Å²) in [5.74, 6) is 0.829. The van der Waals surface area contributed by atoms with Gasteiger partial charge in [-0.25, -0.2) is 4.98 Å². The Morgan fingerprint density at radius 2 is 2.11 bits per heavy atom. The Kier molecular flexibility index (Phi) is 2.68. The van der Waals surface area contributed by atoms with Crippen molar-refractivity contribution in [1.82, 2.24) is 20.1 Å². The van der Waals surface area contributed by atoms with Gasteiger partial charge >= 0.3 is 0 Å². The van der Waals surface area contributed by atoms with Gasteiger partial charge < -0.3 is 10.3 Å². The lowest BCUT2D eigenvalue weighted by atomic mass is 10.1. The Morgan fingerprint density at radius 1 is 1.21 bits per heavy atom. The van der Waals surface area contributed by atoms with E-state index < -0.39 is 0 Å². The van der Waals surface area contributed by atoms with Gasteiger partial charge in [0.05, 0.1) is 6.20 Å². The van der Waals surface area contributed by atoms with Crippen molar-refractivity contribution in [3.05, 3.63) is 42.4 Å². The van der Waals surface area contributed by atoms with Crippen LogP contribution in [0.2, 0.25) is 0 Å². The van der Waals surface area contributed by atoms with Crippen LogP contribution in [-0.2, 0) is 0 Å². The van der Waals surface area contributed by atoms with Crippen molar-refractivity contribution in [1.29, 1.82) is 0 Å². The second kappa shape index (κ2) is 4.49. The fourth-order valence-electron chi connectivity index (χ4n) is 1.74. The SMILES string of the molecule is Cc1c(N)cccc1-c1nc(-c2cnccn2)no1. The number of nitrogens with zero attached hydrogens (tertiary/aromatic N) is 4. The average Bonchev–Trinajstić information content (AvgIpc) is 2.92. The summed E-state index contributed by atoms with van der Waals surface area (Å²) < 4.78 is 5.26. The third kappa shape index (κ3) is 2.03. The molecule has 2 heterocycles. The standard InChI is InChI=1S/C13H11N5O/c1-8-9(3-2-4-10(8)14)13-17-12(18-19-13)11-7-15-5-6-16-11/h2-7H,14H2,1H3. The Labute approximate surface area is 109 Å². The number of nitrogen functional groups attached to an aromatic ring is 1. The van der Waals surface area contributed by atoms with Gasteiger partial charge in [0.25, 0.3) is 5.89 Å². The molecule has 94 valence electrons. The van der Waals surface area contributed by atoms with Crippen LogP contribution in [0.25, 0.3) is 23.0 Å². The molecule has 3 rings (SSSR count). The van der Waals surface area contributed by atoms with Crippen LogP contribution in [0.15, 0.2) is 41.3 Å². The van der Waals surface area contributed by atoms with Gasteiger partial charge in [0.15, 0.2) is 0 Å². The molecule has 0 radical (unpaired) electrons. The lowest BCUT2D eigenvalue weighted by Crippen LogP contribution is -1.92. The predicted molar refractivity (Wildman–Crippen MR) is 69.9 cm³/mol. The monoisotopic (exact) mass is 253 g/mol. The summed E-state index contributed by atoms with van der Waals surface area (Å²) in [6.45, 7) is 1.91. The molecule has 0 fully saturated rings. The molecule has 1 aromatic carbocycles. The Hall–Kier alpha value is -2.76. The highest BCUT2D eigenvalue weighted by Crippen LogP contribution is 2.26. The lowest BCUT2D eigenvalue weighted by Gasteiger charge is -2.02. The molecule has 6 heteroatoms. The van der Waals surface area contributed by atoms with E-state index in [-0.39, 0.29) is 0 Å². The van der Waals surface area contributed by atoms with Crippen molar-refractivity contribution >= 4 is 5.69 Å². The molecule has 6 nitrogen and oxygen atoms in total. The number of benzene rings is 1. The summed E-state index contributed by atoms with van der Waals surface area (Å²) in [4.78, 5) is 12.4. The zero-order valence-corrected chi connectivity index (χ0v) is 10.2. The van der Waals surface area contributed by atoms with Gasteiger partial charge in [-0.15, -0.1) is 0 Å². The Morgan fingerprint density at radius 3 is 2.89 bits per heavy atom. The maximum absolute atomic E-state index is 5.86. The van der Waals surface area contributed by atoms with E-state index in [2.05, 4.69) is 20.1 Å². The van der Waals surface area contributed by atoms with Crippen LogP contribution in [0.1, 0.15) is 5.56 Å². The molecule has 0 unspecified atom stereocenters. The van der Waals surface area contributed by atoms with Crippen molar-refractivity contribution in [2.45, 2.75) is 6.92 Å². The number of hydrogen-bond acceptors (Lipinski definition) is 6. The molecule has 0 aliphatic heterocycles. The van der Waals surface area contributed by atoms with Crippen molar-refractivity contribution in [2.75, 3.05) is 5.73 Å². The van der Waals surface area contributed by atoms with Crippen LogP contribution in [0.3, 0.4) is 0 Å². The zero-order valence-electron chi connectivity index (χ0n) is 10.2. The molecular formula is C13H11N5O. The summed E-state index contributed by atoms with van der Waals surface area (Å²) in [5.41, 5.74) is 8.86. The molecule has 0 aliphatic carbocycles. The Balaban J connectivity index is 2.05. The largest absolute Gasteiger partial charge is 0.398 e. The lowest BCUT2D eigenvalue weighted by molar-refractivity contribution is 0.432. The molecule has 0 atom stereocenters. The molecule has 0 saturated heterocycles. The highest BCUT2D eigenvalue weighted by atomic mass is 16.5. The van der Waals surface area contributed by atoms with E-state index in [0.29, 0.717) is 23.1 Å². The van der Waals surface area contributed by atoms with Gasteiger partial charge in [-0.05, 0) is 24.6 Å². The first kappa shape index (κ1) is 11.3. The van der Waals surface area contributed by atoms with E-state index in [1.54, 1.807) is 18.6 Å². The zero-order chi connectivity index (χ0) is 13.2. The van der Waals surface area contributed by atoms with Crippen LogP contribution in [0.4, 0.5) is 5.69 Å². The third-order valence-corrected chi connectivity index (χ3v) is 2.82. The van der Waals surface area contributed by atoms with E-state index >= 15 is 0 Å². The van der Waals surface area contributed by atoms with Gasteiger partial charge in [0.2, 0.25) is 5.82 Å². The quantitative estimate of drug-likeness (QED) is 0.703. The molecule has 0 bridgehead atoms. The minimum Gasteiger partial charge on any atom is -0.398 e. The van der Waals surface area contributed by atoms with Gasteiger partial charge in [0.1, 0.15) is 5.69 Å². The van der Waals surface area contributed by atoms with Gasteiger partial charge in [0, 0.05) is 23.6 Å². The minimum atomic E-state index is 0.407. The summed E-state index contributed by atoms with van der Waals surface area (Å²) in [6.07, 6.45) is 4.75. The average molecular weight is 253 g/mol. The topological polar surface area (TPSA) is 90.7 Å². The van der Waals surface area contributed by atoms with Crippen molar-refractivity contribution in [3.63, 3.8) is 0 Å². The van der Waals surface area contributed by atoms with Crippen LogP contribution >= 0.6 is 0 Å². The van der Waals surface area contributed by atoms with E-state index in [9.17, 15) is 0 Å². The molecule has 0 spiro atoms. The number of aromatic nitrogens is 4. The second-order valence-electron chi connectivity index (χ2n) is 4.03. The van der Waals surface area contributed by atoms with Crippen LogP contribution < -0.4 is 5.73 Å². The summed E-state index contributed by atoms with van der Waals surface area (Å²) in [7, 11) is 0. The summed E-state index contributed by atoms with van der Waals surface area (Å²) >= 11 is 0. The first-order valence-electron chi connectivity index (χ1n) is 5.71. The molecule has 0 aliphatic rings. The van der Waals surface area contributed by atoms with Crippen molar-refractivity contribution in [3.8, 4) is 23.0 Å². The van der Waals surface area contributed by atoms with E-state index in [1.807, 2.05) is 25.1 Å². The maximum atomic E-state index is 5.86. The predicted octanol–water partition coefficient (Wildman–Crippen LogP) is 2.08. The van der Waals surface area contributed by atoms with Crippen molar-refractivity contribution < 1.29 is 4.52 Å². The van der Waals surface area contributed by atoms with Gasteiger partial charge in [-0.1, -0.05) is 11.2 Å². The number of nitrogens with two attached hydrogens (primary N) is 1. The van der Waals surface area contributed by atoms with E-state index in [1.165, 1.54) is 0 Å². The fourth-order valence-corrected chi connectivity index (χ4v) is 1.74. The third-order valence-electron chi connectivity index (χ3n) is 2.82. The number of hydrogen-bond donors (Lipinski definition) is 1. The van der Waals surface area contributed by atoms with Gasteiger partial charge in [-0.2, -0.15) is 4.98 Å². The fraction of sp³-hybridized carbons (Fsp3) is 0.0769. The van der Waals surface area contributed by atoms with Crippen LogP contribution in [-0.4, -0.2) is 20.1 Å². The van der Waals surface area contributed by atoms with E-state index in [4.69, 9.17) is 10.3 Å². The normalized spacial score (nSPS) is 10.6. The number of anilines is 1. The van der Waals surface area contributed by atoms with Crippen LogP contribution in [0, 0.1) is 6.92 Å². The highest BCUT2D eigenvalue weighted by molar-refractivity contribution is 5.67. The molecular weight excluding hydrogens is 242 g/mol. The molecule has 2 aromatic heterocycles. The maximum Gasteiger partial charge on any atom is 0.258 e. The molecule has 2 N–H and O–H groups in total. The summed E-state index contributed by atoms with van der Waals surface area (Å²) in [5, 5.41) is 3.90. The first-order valence-corrected chi connectivity index (χ1v) is 5.71. The molecule has 19 heavy (non-hydrogen) atoms. The van der Waals surface area contributed by atoms with Crippen LogP contribution in [0.5, 0.6) is 0 Å². The van der Waals surface area contributed by atoms with Crippen molar-refractivity contribution in [2.24, 2.45) is 0 Å². The molecule has 3 aromatic rings. The minimum absolute atomic E-state index is 0.407. The molecule has 0 amide bonds. The first-order chi connectivity index (χ1) is 9.25. The van der Waals surface area contributed by atoms with Gasteiger partial charge in [-0.3, -0.25) is 4.98 Å². The molecule has 0 saturated carbocycles. The highest BCUT2D eigenvalue weighted by Gasteiger charge is 2.14. The second-order valence-corrected chi connectivity index (χ2v) is 4.03. The number of rotatable bonds is 2. The van der Waals surface area contributed by atoms with E-state index in [0.717, 1.165) is 11.1 Å². The summed E-state index contributed by atoms with van der Waals surface area (Å²) in [6, 6.07) is 5.57.